The molecule has 2 aromatic rings. The van der Waals surface area contributed by atoms with Crippen molar-refractivity contribution in [1.82, 2.24) is 20.6 Å². The van der Waals surface area contributed by atoms with E-state index >= 15 is 0 Å². The standard InChI is InChI=1S/C15H20N4O4/c1-9-12(10(2)22-18-9)7-13(20)16-8-14-17-15(19-23-14)11-3-5-21-6-4-11/h11H,3-8H2,1-2H3,(H,16,20). The van der Waals surface area contributed by atoms with E-state index in [1.807, 2.05) is 6.92 Å². The van der Waals surface area contributed by atoms with Gasteiger partial charge in [0.1, 0.15) is 5.76 Å². The third-order valence-electron chi connectivity index (χ3n) is 4.03. The third-order valence-corrected chi connectivity index (χ3v) is 4.03. The normalized spacial score (nSPS) is 15.7. The Morgan fingerprint density at radius 2 is 2.00 bits per heavy atom. The number of hydrogen-bond acceptors (Lipinski definition) is 7. The average Bonchev–Trinajstić information content (AvgIpc) is 3.16. The highest BCUT2D eigenvalue weighted by Crippen LogP contribution is 2.24. The number of aromatic nitrogens is 3. The zero-order valence-electron chi connectivity index (χ0n) is 13.3. The van der Waals surface area contributed by atoms with Crippen LogP contribution in [-0.4, -0.2) is 34.4 Å². The summed E-state index contributed by atoms with van der Waals surface area (Å²) in [5.41, 5.74) is 1.55. The number of amides is 1. The summed E-state index contributed by atoms with van der Waals surface area (Å²) >= 11 is 0. The van der Waals surface area contributed by atoms with Gasteiger partial charge >= 0.3 is 0 Å². The molecule has 3 rings (SSSR count). The van der Waals surface area contributed by atoms with Gasteiger partial charge in [0.05, 0.1) is 18.7 Å². The Morgan fingerprint density at radius 3 is 2.70 bits per heavy atom. The lowest BCUT2D eigenvalue weighted by atomic mass is 10.00. The molecule has 0 aromatic carbocycles. The molecule has 124 valence electrons. The van der Waals surface area contributed by atoms with Crippen LogP contribution < -0.4 is 5.32 Å². The van der Waals surface area contributed by atoms with Crippen molar-refractivity contribution in [2.24, 2.45) is 0 Å². The molecule has 0 atom stereocenters. The van der Waals surface area contributed by atoms with Crippen LogP contribution in [0, 0.1) is 13.8 Å². The van der Waals surface area contributed by atoms with Crippen LogP contribution in [-0.2, 0) is 22.5 Å². The lowest BCUT2D eigenvalue weighted by Gasteiger charge is -2.18. The Balaban J connectivity index is 1.52. The average molecular weight is 320 g/mol. The molecule has 3 heterocycles. The number of carbonyl (C=O) groups excluding carboxylic acids is 1. The quantitative estimate of drug-likeness (QED) is 0.888. The summed E-state index contributed by atoms with van der Waals surface area (Å²) in [4.78, 5) is 16.4. The minimum absolute atomic E-state index is 0.134. The third kappa shape index (κ3) is 3.76. The van der Waals surface area contributed by atoms with Gasteiger partial charge in [-0.15, -0.1) is 0 Å². The van der Waals surface area contributed by atoms with Crippen LogP contribution in [0.1, 0.15) is 47.5 Å². The second kappa shape index (κ2) is 6.91. The van der Waals surface area contributed by atoms with Gasteiger partial charge in [-0.3, -0.25) is 4.79 Å². The molecule has 0 radical (unpaired) electrons. The van der Waals surface area contributed by atoms with E-state index in [0.717, 1.165) is 37.3 Å². The smallest absolute Gasteiger partial charge is 0.246 e. The molecule has 1 N–H and O–H groups in total. The molecule has 1 amide bonds. The molecule has 1 aliphatic heterocycles. The maximum Gasteiger partial charge on any atom is 0.246 e. The Hall–Kier alpha value is -2.22. The molecule has 8 nitrogen and oxygen atoms in total. The van der Waals surface area contributed by atoms with E-state index in [1.54, 1.807) is 6.92 Å². The molecule has 1 aliphatic rings. The number of aryl methyl sites for hydroxylation is 2. The molecule has 0 bridgehead atoms. The number of nitrogens with zero attached hydrogens (tertiary/aromatic N) is 3. The first kappa shape index (κ1) is 15.7. The highest BCUT2D eigenvalue weighted by atomic mass is 16.5. The van der Waals surface area contributed by atoms with Crippen molar-refractivity contribution in [2.45, 2.75) is 45.6 Å². The molecule has 0 aliphatic carbocycles. The summed E-state index contributed by atoms with van der Waals surface area (Å²) in [6, 6.07) is 0. The first-order chi connectivity index (χ1) is 11.1. The molecule has 1 fully saturated rings. The van der Waals surface area contributed by atoms with Gasteiger partial charge in [0.15, 0.2) is 5.82 Å². The first-order valence-corrected chi connectivity index (χ1v) is 7.72. The number of carbonyl (C=O) groups is 1. The van der Waals surface area contributed by atoms with E-state index in [2.05, 4.69) is 20.6 Å². The molecular formula is C15H20N4O4. The van der Waals surface area contributed by atoms with Crippen molar-refractivity contribution in [1.29, 1.82) is 0 Å². The Bertz CT molecular complexity index is 653. The largest absolute Gasteiger partial charge is 0.381 e. The summed E-state index contributed by atoms with van der Waals surface area (Å²) in [7, 11) is 0. The molecule has 0 unspecified atom stereocenters. The summed E-state index contributed by atoms with van der Waals surface area (Å²) in [6.07, 6.45) is 2.02. The molecule has 0 saturated carbocycles. The van der Waals surface area contributed by atoms with Gasteiger partial charge in [-0.05, 0) is 26.7 Å². The van der Waals surface area contributed by atoms with Crippen molar-refractivity contribution >= 4 is 5.91 Å². The zero-order chi connectivity index (χ0) is 16.2. The Morgan fingerprint density at radius 1 is 1.22 bits per heavy atom. The van der Waals surface area contributed by atoms with Crippen LogP contribution in [0.3, 0.4) is 0 Å². The van der Waals surface area contributed by atoms with Crippen LogP contribution in [0.5, 0.6) is 0 Å². The summed E-state index contributed by atoms with van der Waals surface area (Å²) in [6.45, 7) is 5.28. The topological polar surface area (TPSA) is 103 Å². The van der Waals surface area contributed by atoms with Crippen molar-refractivity contribution < 1.29 is 18.6 Å². The van der Waals surface area contributed by atoms with E-state index in [4.69, 9.17) is 13.8 Å². The van der Waals surface area contributed by atoms with Crippen LogP contribution in [0.15, 0.2) is 9.05 Å². The maximum absolute atomic E-state index is 12.0. The molecular weight excluding hydrogens is 300 g/mol. The van der Waals surface area contributed by atoms with E-state index in [0.29, 0.717) is 17.5 Å². The van der Waals surface area contributed by atoms with Crippen LogP contribution in [0.25, 0.3) is 0 Å². The predicted octanol–water partition coefficient (Wildman–Crippen LogP) is 1.43. The fourth-order valence-electron chi connectivity index (χ4n) is 2.61. The monoisotopic (exact) mass is 320 g/mol. The fraction of sp³-hybridized carbons (Fsp3) is 0.600. The van der Waals surface area contributed by atoms with Crippen LogP contribution >= 0.6 is 0 Å². The van der Waals surface area contributed by atoms with E-state index in [9.17, 15) is 4.79 Å². The van der Waals surface area contributed by atoms with E-state index < -0.39 is 0 Å². The number of rotatable bonds is 5. The second-order valence-corrected chi connectivity index (χ2v) is 5.69. The number of ether oxygens (including phenoxy) is 1. The summed E-state index contributed by atoms with van der Waals surface area (Å²) < 4.78 is 15.6. The lowest BCUT2D eigenvalue weighted by Crippen LogP contribution is -2.25. The minimum Gasteiger partial charge on any atom is -0.381 e. The van der Waals surface area contributed by atoms with Gasteiger partial charge < -0.3 is 19.1 Å². The first-order valence-electron chi connectivity index (χ1n) is 7.72. The minimum atomic E-state index is -0.134. The van der Waals surface area contributed by atoms with Gasteiger partial charge in [0.2, 0.25) is 11.8 Å². The number of nitrogens with one attached hydrogen (secondary N) is 1. The van der Waals surface area contributed by atoms with Crippen molar-refractivity contribution in [2.75, 3.05) is 13.2 Å². The summed E-state index contributed by atoms with van der Waals surface area (Å²) in [5, 5.41) is 10.6. The predicted molar refractivity (Wildman–Crippen MR) is 78.6 cm³/mol. The van der Waals surface area contributed by atoms with E-state index in [-0.39, 0.29) is 24.8 Å². The molecule has 23 heavy (non-hydrogen) atoms. The highest BCUT2D eigenvalue weighted by molar-refractivity contribution is 5.78. The number of hydrogen-bond donors (Lipinski definition) is 1. The maximum atomic E-state index is 12.0. The van der Waals surface area contributed by atoms with Gasteiger partial charge in [0.25, 0.3) is 0 Å². The van der Waals surface area contributed by atoms with E-state index in [1.165, 1.54) is 0 Å². The molecule has 0 spiro atoms. The Labute approximate surface area is 133 Å². The Kier molecular flexibility index (Phi) is 4.71. The fourth-order valence-corrected chi connectivity index (χ4v) is 2.61. The van der Waals surface area contributed by atoms with Gasteiger partial charge in [-0.25, -0.2) is 0 Å². The molecule has 8 heteroatoms. The SMILES string of the molecule is Cc1noc(C)c1CC(=O)NCc1nc(C2CCOCC2)no1. The zero-order valence-corrected chi connectivity index (χ0v) is 13.3. The second-order valence-electron chi connectivity index (χ2n) is 5.69. The van der Waals surface area contributed by atoms with Gasteiger partial charge in [-0.1, -0.05) is 10.3 Å². The van der Waals surface area contributed by atoms with Crippen molar-refractivity contribution in [3.63, 3.8) is 0 Å². The summed E-state index contributed by atoms with van der Waals surface area (Å²) in [5.74, 6) is 1.92. The van der Waals surface area contributed by atoms with Crippen molar-refractivity contribution in [3.05, 3.63) is 28.7 Å². The van der Waals surface area contributed by atoms with Crippen LogP contribution in [0.2, 0.25) is 0 Å². The van der Waals surface area contributed by atoms with Crippen LogP contribution in [0.4, 0.5) is 0 Å². The van der Waals surface area contributed by atoms with Crippen molar-refractivity contribution in [3.8, 4) is 0 Å². The lowest BCUT2D eigenvalue weighted by molar-refractivity contribution is -0.120. The van der Waals surface area contributed by atoms with Gasteiger partial charge in [0, 0.05) is 24.7 Å². The highest BCUT2D eigenvalue weighted by Gasteiger charge is 2.21. The van der Waals surface area contributed by atoms with Gasteiger partial charge in [-0.2, -0.15) is 4.98 Å². The molecule has 1 saturated heterocycles. The molecule has 2 aromatic heterocycles.